The van der Waals surface area contributed by atoms with Crippen molar-refractivity contribution in [2.75, 3.05) is 0 Å². The van der Waals surface area contributed by atoms with Crippen LogP contribution in [0.2, 0.25) is 0 Å². The maximum atomic E-state index is 12.1. The normalized spacial score (nSPS) is 17.9. The summed E-state index contributed by atoms with van der Waals surface area (Å²) in [5.74, 6) is 0. The summed E-state index contributed by atoms with van der Waals surface area (Å²) in [4.78, 5) is 16.4. The van der Waals surface area contributed by atoms with E-state index in [1.165, 1.54) is 11.1 Å². The van der Waals surface area contributed by atoms with Crippen LogP contribution in [-0.4, -0.2) is 11.0 Å². The van der Waals surface area contributed by atoms with Crippen LogP contribution in [0.4, 0.5) is 4.79 Å². The number of amides is 2. The molecule has 2 amide bonds. The highest BCUT2D eigenvalue weighted by molar-refractivity contribution is 5.75. The molecule has 0 saturated carbocycles. The van der Waals surface area contributed by atoms with Crippen LogP contribution < -0.4 is 10.6 Å². The van der Waals surface area contributed by atoms with E-state index in [4.69, 9.17) is 0 Å². The van der Waals surface area contributed by atoms with Gasteiger partial charge in [-0.25, -0.2) is 4.79 Å². The fourth-order valence-corrected chi connectivity index (χ4v) is 2.81. The lowest BCUT2D eigenvalue weighted by Gasteiger charge is -2.18. The standard InChI is InChI=1S/C17H19N3O/c1-12(15-8-4-5-11-18-15)19-17(21)20-16-10-9-13-6-2-3-7-14(13)16/h2-8,11-12,16H,9-10H2,1H3,(H2,19,20,21). The molecule has 4 heteroatoms. The third kappa shape index (κ3) is 3.05. The van der Waals surface area contributed by atoms with Crippen LogP contribution >= 0.6 is 0 Å². The number of carbonyl (C=O) groups is 1. The third-order valence-corrected chi connectivity index (χ3v) is 3.92. The minimum atomic E-state index is -0.144. The summed E-state index contributed by atoms with van der Waals surface area (Å²) in [5, 5.41) is 6.00. The number of benzene rings is 1. The fourth-order valence-electron chi connectivity index (χ4n) is 2.81. The zero-order valence-corrected chi connectivity index (χ0v) is 12.0. The second kappa shape index (κ2) is 5.95. The van der Waals surface area contributed by atoms with Crippen molar-refractivity contribution in [3.63, 3.8) is 0 Å². The average Bonchev–Trinajstić information content (AvgIpc) is 2.91. The van der Waals surface area contributed by atoms with Gasteiger partial charge in [0.15, 0.2) is 0 Å². The molecule has 2 N–H and O–H groups in total. The number of aryl methyl sites for hydroxylation is 1. The molecule has 0 fully saturated rings. The molecule has 0 saturated heterocycles. The van der Waals surface area contributed by atoms with Crippen molar-refractivity contribution in [1.82, 2.24) is 15.6 Å². The first-order valence-corrected chi connectivity index (χ1v) is 7.30. The predicted octanol–water partition coefficient (Wildman–Crippen LogP) is 3.13. The lowest BCUT2D eigenvalue weighted by molar-refractivity contribution is 0.234. The first-order valence-electron chi connectivity index (χ1n) is 7.30. The molecule has 1 aliphatic rings. The first kappa shape index (κ1) is 13.6. The Hall–Kier alpha value is -2.36. The molecule has 2 aromatic rings. The lowest BCUT2D eigenvalue weighted by atomic mass is 10.1. The van der Waals surface area contributed by atoms with Crippen LogP contribution in [0.15, 0.2) is 48.7 Å². The summed E-state index contributed by atoms with van der Waals surface area (Å²) in [6.07, 6.45) is 3.72. The van der Waals surface area contributed by atoms with E-state index in [0.29, 0.717) is 0 Å². The van der Waals surface area contributed by atoms with Crippen molar-refractivity contribution in [1.29, 1.82) is 0 Å². The number of fused-ring (bicyclic) bond motifs is 1. The Kier molecular flexibility index (Phi) is 3.86. The van der Waals surface area contributed by atoms with E-state index in [2.05, 4.69) is 27.8 Å². The highest BCUT2D eigenvalue weighted by Gasteiger charge is 2.23. The van der Waals surface area contributed by atoms with Gasteiger partial charge in [0.25, 0.3) is 0 Å². The van der Waals surface area contributed by atoms with Gasteiger partial charge in [0.2, 0.25) is 0 Å². The quantitative estimate of drug-likeness (QED) is 0.908. The second-order valence-electron chi connectivity index (χ2n) is 5.38. The number of aromatic nitrogens is 1. The summed E-state index contributed by atoms with van der Waals surface area (Å²) >= 11 is 0. The molecule has 1 heterocycles. The summed E-state index contributed by atoms with van der Waals surface area (Å²) in [6.45, 7) is 1.94. The number of hydrogen-bond donors (Lipinski definition) is 2. The molecule has 0 bridgehead atoms. The SMILES string of the molecule is CC(NC(=O)NC1CCc2ccccc21)c1ccccn1. The molecular weight excluding hydrogens is 262 g/mol. The summed E-state index contributed by atoms with van der Waals surface area (Å²) in [5.41, 5.74) is 3.43. The van der Waals surface area contributed by atoms with Gasteiger partial charge in [-0.15, -0.1) is 0 Å². The van der Waals surface area contributed by atoms with Gasteiger partial charge in [-0.3, -0.25) is 4.98 Å². The number of rotatable bonds is 3. The number of nitrogens with zero attached hydrogens (tertiary/aromatic N) is 1. The highest BCUT2D eigenvalue weighted by atomic mass is 16.2. The molecule has 0 radical (unpaired) electrons. The maximum absolute atomic E-state index is 12.1. The molecule has 0 aliphatic heterocycles. The number of urea groups is 1. The predicted molar refractivity (Wildman–Crippen MR) is 81.8 cm³/mol. The molecule has 108 valence electrons. The van der Waals surface area contributed by atoms with E-state index in [0.717, 1.165) is 18.5 Å². The molecule has 2 atom stereocenters. The van der Waals surface area contributed by atoms with Crippen LogP contribution in [0.25, 0.3) is 0 Å². The van der Waals surface area contributed by atoms with E-state index in [1.807, 2.05) is 37.3 Å². The summed E-state index contributed by atoms with van der Waals surface area (Å²) in [7, 11) is 0. The van der Waals surface area contributed by atoms with Crippen molar-refractivity contribution in [2.24, 2.45) is 0 Å². The van der Waals surface area contributed by atoms with Crippen LogP contribution in [0, 0.1) is 0 Å². The van der Waals surface area contributed by atoms with Crippen LogP contribution in [0.3, 0.4) is 0 Å². The van der Waals surface area contributed by atoms with Gasteiger partial charge >= 0.3 is 6.03 Å². The van der Waals surface area contributed by atoms with Gasteiger partial charge in [-0.1, -0.05) is 30.3 Å². The Bertz CT molecular complexity index is 627. The fraction of sp³-hybridized carbons (Fsp3) is 0.294. The average molecular weight is 281 g/mol. The molecule has 0 spiro atoms. The largest absolute Gasteiger partial charge is 0.331 e. The van der Waals surface area contributed by atoms with Crippen LogP contribution in [0.5, 0.6) is 0 Å². The van der Waals surface area contributed by atoms with Gasteiger partial charge in [-0.2, -0.15) is 0 Å². The van der Waals surface area contributed by atoms with Crippen molar-refractivity contribution in [2.45, 2.75) is 31.8 Å². The molecule has 1 aromatic carbocycles. The highest BCUT2D eigenvalue weighted by Crippen LogP contribution is 2.30. The maximum Gasteiger partial charge on any atom is 0.315 e. The van der Waals surface area contributed by atoms with E-state index >= 15 is 0 Å². The Morgan fingerprint density at radius 2 is 2.05 bits per heavy atom. The number of carbonyl (C=O) groups excluding carboxylic acids is 1. The monoisotopic (exact) mass is 281 g/mol. The molecule has 3 rings (SSSR count). The summed E-state index contributed by atoms with van der Waals surface area (Å²) < 4.78 is 0. The van der Waals surface area contributed by atoms with Crippen molar-refractivity contribution in [3.8, 4) is 0 Å². The third-order valence-electron chi connectivity index (χ3n) is 3.92. The number of hydrogen-bond acceptors (Lipinski definition) is 2. The second-order valence-corrected chi connectivity index (χ2v) is 5.38. The zero-order chi connectivity index (χ0) is 14.7. The molecule has 21 heavy (non-hydrogen) atoms. The molecular formula is C17H19N3O. The Morgan fingerprint density at radius 3 is 2.86 bits per heavy atom. The van der Waals surface area contributed by atoms with Crippen LogP contribution in [0.1, 0.15) is 42.2 Å². The number of pyridine rings is 1. The van der Waals surface area contributed by atoms with Gasteiger partial charge < -0.3 is 10.6 Å². The topological polar surface area (TPSA) is 54.0 Å². The van der Waals surface area contributed by atoms with Crippen molar-refractivity contribution >= 4 is 6.03 Å². The minimum Gasteiger partial charge on any atom is -0.331 e. The van der Waals surface area contributed by atoms with Crippen molar-refractivity contribution in [3.05, 3.63) is 65.5 Å². The molecule has 1 aromatic heterocycles. The Balaban J connectivity index is 1.61. The first-order chi connectivity index (χ1) is 10.2. The zero-order valence-electron chi connectivity index (χ0n) is 12.0. The molecule has 2 unspecified atom stereocenters. The van der Waals surface area contributed by atoms with E-state index in [-0.39, 0.29) is 18.1 Å². The van der Waals surface area contributed by atoms with E-state index < -0.39 is 0 Å². The number of nitrogens with one attached hydrogen (secondary N) is 2. The van der Waals surface area contributed by atoms with Gasteiger partial charge in [0.1, 0.15) is 0 Å². The molecule has 1 aliphatic carbocycles. The van der Waals surface area contributed by atoms with E-state index in [1.54, 1.807) is 6.20 Å². The Morgan fingerprint density at radius 1 is 1.24 bits per heavy atom. The van der Waals surface area contributed by atoms with E-state index in [9.17, 15) is 4.79 Å². The smallest absolute Gasteiger partial charge is 0.315 e. The molecule has 4 nitrogen and oxygen atoms in total. The summed E-state index contributed by atoms with van der Waals surface area (Å²) in [6, 6.07) is 13.8. The van der Waals surface area contributed by atoms with Gasteiger partial charge in [-0.05, 0) is 43.0 Å². The van der Waals surface area contributed by atoms with Crippen LogP contribution in [-0.2, 0) is 6.42 Å². The van der Waals surface area contributed by atoms with Crippen molar-refractivity contribution < 1.29 is 4.79 Å². The van der Waals surface area contributed by atoms with Gasteiger partial charge in [0, 0.05) is 6.20 Å². The van der Waals surface area contributed by atoms with Gasteiger partial charge in [0.05, 0.1) is 17.8 Å². The lowest BCUT2D eigenvalue weighted by Crippen LogP contribution is -2.38. The minimum absolute atomic E-state index is 0.108. The Labute approximate surface area is 124 Å².